The van der Waals surface area contributed by atoms with Gasteiger partial charge in [-0.1, -0.05) is 11.6 Å². The van der Waals surface area contributed by atoms with Crippen molar-refractivity contribution in [3.05, 3.63) is 47.5 Å². The first-order valence-electron chi connectivity index (χ1n) is 7.20. The summed E-state index contributed by atoms with van der Waals surface area (Å²) < 4.78 is 27.7. The fourth-order valence-corrected chi connectivity index (χ4v) is 4.60. The lowest BCUT2D eigenvalue weighted by Gasteiger charge is -2.28. The van der Waals surface area contributed by atoms with Gasteiger partial charge in [0.2, 0.25) is 5.91 Å². The van der Waals surface area contributed by atoms with Gasteiger partial charge >= 0.3 is 0 Å². The third-order valence-electron chi connectivity index (χ3n) is 3.58. The third kappa shape index (κ3) is 3.53. The molecular formula is C16H15ClN2O3S2. The maximum absolute atomic E-state index is 12.6. The normalized spacial score (nSPS) is 14.2. The van der Waals surface area contributed by atoms with Crippen LogP contribution in [0.1, 0.15) is 6.92 Å². The molecule has 2 aromatic carbocycles. The number of carbonyl (C=O) groups is 1. The zero-order chi connectivity index (χ0) is 17.3. The van der Waals surface area contributed by atoms with Crippen LogP contribution in [-0.2, 0) is 14.8 Å². The zero-order valence-electron chi connectivity index (χ0n) is 12.8. The van der Waals surface area contributed by atoms with E-state index >= 15 is 0 Å². The van der Waals surface area contributed by atoms with E-state index in [0.29, 0.717) is 22.9 Å². The summed E-state index contributed by atoms with van der Waals surface area (Å²) in [5.41, 5.74) is 1.06. The standard InChI is InChI=1S/C16H15ClN2O3S2/c1-11(20)19-8-9-23-16-7-6-14(10-15(16)19)24(21,22)18-13-4-2-12(17)3-5-13/h2-7,10,18H,8-9H2,1H3. The number of halogens is 1. The average molecular weight is 383 g/mol. The predicted octanol–water partition coefficient (Wildman–Crippen LogP) is 3.60. The molecular weight excluding hydrogens is 368 g/mol. The molecule has 3 rings (SSSR count). The van der Waals surface area contributed by atoms with Crippen molar-refractivity contribution in [2.75, 3.05) is 21.9 Å². The highest BCUT2D eigenvalue weighted by Gasteiger charge is 2.24. The summed E-state index contributed by atoms with van der Waals surface area (Å²) in [4.78, 5) is 14.4. The average Bonchev–Trinajstić information content (AvgIpc) is 2.55. The molecule has 0 unspecified atom stereocenters. The van der Waals surface area contributed by atoms with Crippen LogP contribution < -0.4 is 9.62 Å². The molecule has 1 aliphatic heterocycles. The number of benzene rings is 2. The van der Waals surface area contributed by atoms with Crippen LogP contribution in [0.15, 0.2) is 52.3 Å². The van der Waals surface area contributed by atoms with Crippen molar-refractivity contribution in [2.24, 2.45) is 0 Å². The van der Waals surface area contributed by atoms with Gasteiger partial charge in [0.05, 0.1) is 10.6 Å². The molecule has 1 N–H and O–H groups in total. The zero-order valence-corrected chi connectivity index (χ0v) is 15.2. The molecule has 2 aromatic rings. The molecule has 0 saturated heterocycles. The van der Waals surface area contributed by atoms with Crippen LogP contribution in [0.3, 0.4) is 0 Å². The van der Waals surface area contributed by atoms with Crippen LogP contribution in [0.4, 0.5) is 11.4 Å². The number of nitrogens with zero attached hydrogens (tertiary/aromatic N) is 1. The molecule has 0 atom stereocenters. The van der Waals surface area contributed by atoms with E-state index in [1.54, 1.807) is 59.1 Å². The second kappa shape index (κ2) is 6.66. The summed E-state index contributed by atoms with van der Waals surface area (Å²) >= 11 is 7.42. The summed E-state index contributed by atoms with van der Waals surface area (Å²) in [6, 6.07) is 11.2. The first-order valence-corrected chi connectivity index (χ1v) is 10.0. The molecule has 1 heterocycles. The minimum atomic E-state index is -3.75. The summed E-state index contributed by atoms with van der Waals surface area (Å²) in [6.07, 6.45) is 0. The van der Waals surface area contributed by atoms with E-state index in [-0.39, 0.29) is 10.8 Å². The molecule has 0 radical (unpaired) electrons. The number of carbonyl (C=O) groups excluding carboxylic acids is 1. The van der Waals surface area contributed by atoms with E-state index in [4.69, 9.17) is 11.6 Å². The number of sulfonamides is 1. The van der Waals surface area contributed by atoms with E-state index in [1.165, 1.54) is 6.92 Å². The second-order valence-corrected chi connectivity index (χ2v) is 8.52. The van der Waals surface area contributed by atoms with Gasteiger partial charge in [0.1, 0.15) is 0 Å². The monoisotopic (exact) mass is 382 g/mol. The highest BCUT2D eigenvalue weighted by molar-refractivity contribution is 7.99. The van der Waals surface area contributed by atoms with Gasteiger partial charge in [-0.2, -0.15) is 0 Å². The molecule has 0 bridgehead atoms. The lowest BCUT2D eigenvalue weighted by atomic mass is 10.2. The SMILES string of the molecule is CC(=O)N1CCSc2ccc(S(=O)(=O)Nc3ccc(Cl)cc3)cc21. The van der Waals surface area contributed by atoms with Crippen LogP contribution in [0.2, 0.25) is 5.02 Å². The third-order valence-corrected chi connectivity index (χ3v) is 6.25. The van der Waals surface area contributed by atoms with Gasteiger partial charge < -0.3 is 4.90 Å². The van der Waals surface area contributed by atoms with Gasteiger partial charge in [-0.3, -0.25) is 9.52 Å². The van der Waals surface area contributed by atoms with Crippen molar-refractivity contribution in [2.45, 2.75) is 16.7 Å². The van der Waals surface area contributed by atoms with Crippen molar-refractivity contribution in [1.82, 2.24) is 0 Å². The number of amides is 1. The number of nitrogens with one attached hydrogen (secondary N) is 1. The quantitative estimate of drug-likeness (QED) is 0.880. The Balaban J connectivity index is 1.95. The molecule has 126 valence electrons. The van der Waals surface area contributed by atoms with Crippen molar-refractivity contribution in [3.8, 4) is 0 Å². The molecule has 5 nitrogen and oxygen atoms in total. The lowest BCUT2D eigenvalue weighted by molar-refractivity contribution is -0.116. The van der Waals surface area contributed by atoms with Gasteiger partial charge in [-0.25, -0.2) is 8.42 Å². The molecule has 8 heteroatoms. The maximum Gasteiger partial charge on any atom is 0.261 e. The Labute approximate surface area is 150 Å². The predicted molar refractivity (Wildman–Crippen MR) is 97.5 cm³/mol. The van der Waals surface area contributed by atoms with E-state index in [0.717, 1.165) is 10.6 Å². The van der Waals surface area contributed by atoms with E-state index < -0.39 is 10.0 Å². The van der Waals surface area contributed by atoms with E-state index in [9.17, 15) is 13.2 Å². The minimum Gasteiger partial charge on any atom is -0.311 e. The van der Waals surface area contributed by atoms with Gasteiger partial charge in [0.15, 0.2) is 0 Å². The number of anilines is 2. The molecule has 0 spiro atoms. The van der Waals surface area contributed by atoms with Crippen LogP contribution in [-0.4, -0.2) is 26.6 Å². The first-order chi connectivity index (χ1) is 11.4. The smallest absolute Gasteiger partial charge is 0.261 e. The molecule has 0 aliphatic carbocycles. The molecule has 0 fully saturated rings. The number of thioether (sulfide) groups is 1. The molecule has 0 aromatic heterocycles. The van der Waals surface area contributed by atoms with Crippen molar-refractivity contribution in [1.29, 1.82) is 0 Å². The first kappa shape index (κ1) is 17.1. The highest BCUT2D eigenvalue weighted by atomic mass is 35.5. The molecule has 0 saturated carbocycles. The van der Waals surface area contributed by atoms with Gasteiger partial charge in [0, 0.05) is 34.8 Å². The Morgan fingerprint density at radius 3 is 2.58 bits per heavy atom. The van der Waals surface area contributed by atoms with Crippen LogP contribution in [0.5, 0.6) is 0 Å². The summed E-state index contributed by atoms with van der Waals surface area (Å²) in [7, 11) is -3.75. The minimum absolute atomic E-state index is 0.100. The highest BCUT2D eigenvalue weighted by Crippen LogP contribution is 2.36. The molecule has 1 aliphatic rings. The summed E-state index contributed by atoms with van der Waals surface area (Å²) in [5.74, 6) is 0.693. The maximum atomic E-state index is 12.6. The van der Waals surface area contributed by atoms with Crippen LogP contribution in [0, 0.1) is 0 Å². The van der Waals surface area contributed by atoms with E-state index in [1.807, 2.05) is 0 Å². The summed E-state index contributed by atoms with van der Waals surface area (Å²) in [5, 5.41) is 0.529. The van der Waals surface area contributed by atoms with Gasteiger partial charge in [-0.15, -0.1) is 11.8 Å². The van der Waals surface area contributed by atoms with Gasteiger partial charge in [0.25, 0.3) is 10.0 Å². The topological polar surface area (TPSA) is 66.5 Å². The fourth-order valence-electron chi connectivity index (χ4n) is 2.42. The van der Waals surface area contributed by atoms with Crippen molar-refractivity contribution < 1.29 is 13.2 Å². The van der Waals surface area contributed by atoms with Gasteiger partial charge in [-0.05, 0) is 42.5 Å². The van der Waals surface area contributed by atoms with E-state index in [2.05, 4.69) is 4.72 Å². The lowest BCUT2D eigenvalue weighted by Crippen LogP contribution is -2.33. The second-order valence-electron chi connectivity index (χ2n) is 5.26. The van der Waals surface area contributed by atoms with Crippen molar-refractivity contribution >= 4 is 50.7 Å². The Morgan fingerprint density at radius 1 is 1.21 bits per heavy atom. The Kier molecular flexibility index (Phi) is 4.76. The molecule has 1 amide bonds. The summed E-state index contributed by atoms with van der Waals surface area (Å²) in [6.45, 7) is 2.05. The fraction of sp³-hybridized carbons (Fsp3) is 0.188. The Morgan fingerprint density at radius 2 is 1.92 bits per heavy atom. The number of hydrogen-bond donors (Lipinski definition) is 1. The van der Waals surface area contributed by atoms with Crippen molar-refractivity contribution in [3.63, 3.8) is 0 Å². The number of rotatable bonds is 3. The Hall–Kier alpha value is -1.70. The number of hydrogen-bond acceptors (Lipinski definition) is 4. The largest absolute Gasteiger partial charge is 0.311 e. The van der Waals surface area contributed by atoms with Crippen LogP contribution in [0.25, 0.3) is 0 Å². The molecule has 24 heavy (non-hydrogen) atoms. The van der Waals surface area contributed by atoms with Crippen LogP contribution >= 0.6 is 23.4 Å². The Bertz CT molecular complexity index is 883. The number of fused-ring (bicyclic) bond motifs is 1.